The summed E-state index contributed by atoms with van der Waals surface area (Å²) in [5.74, 6) is 0. The van der Waals surface area contributed by atoms with Gasteiger partial charge in [0.25, 0.3) is 0 Å². The SMILES string of the molecule is CC(O)c1ccc(Sc2ccc(C(C)(C)C)cc2)c(Cl)c1. The fourth-order valence-corrected chi connectivity index (χ4v) is 3.13. The van der Waals surface area contributed by atoms with Crippen LogP contribution in [0.5, 0.6) is 0 Å². The number of aliphatic hydroxyl groups is 1. The van der Waals surface area contributed by atoms with Crippen molar-refractivity contribution < 1.29 is 5.11 Å². The summed E-state index contributed by atoms with van der Waals surface area (Å²) in [6, 6.07) is 14.3. The van der Waals surface area contributed by atoms with Crippen LogP contribution >= 0.6 is 23.4 Å². The predicted molar refractivity (Wildman–Crippen MR) is 91.4 cm³/mol. The second kappa shape index (κ2) is 6.43. The molecule has 2 rings (SSSR count). The topological polar surface area (TPSA) is 20.2 Å². The zero-order chi connectivity index (χ0) is 15.6. The highest BCUT2D eigenvalue weighted by Crippen LogP contribution is 2.35. The van der Waals surface area contributed by atoms with E-state index in [1.165, 1.54) is 5.56 Å². The van der Waals surface area contributed by atoms with E-state index >= 15 is 0 Å². The monoisotopic (exact) mass is 320 g/mol. The summed E-state index contributed by atoms with van der Waals surface area (Å²) in [5.41, 5.74) is 2.33. The first-order valence-corrected chi connectivity index (χ1v) is 8.23. The molecule has 0 saturated carbocycles. The number of rotatable bonds is 3. The Hall–Kier alpha value is -0.960. The summed E-state index contributed by atoms with van der Waals surface area (Å²) < 4.78 is 0. The van der Waals surface area contributed by atoms with E-state index in [2.05, 4.69) is 45.0 Å². The van der Waals surface area contributed by atoms with Crippen molar-refractivity contribution in [3.05, 3.63) is 58.6 Å². The van der Waals surface area contributed by atoms with Gasteiger partial charge < -0.3 is 5.11 Å². The summed E-state index contributed by atoms with van der Waals surface area (Å²) in [5, 5.41) is 10.2. The smallest absolute Gasteiger partial charge is 0.0762 e. The van der Waals surface area contributed by atoms with Crippen LogP contribution in [0.25, 0.3) is 0 Å². The second-order valence-corrected chi connectivity index (χ2v) is 7.76. The van der Waals surface area contributed by atoms with Crippen LogP contribution in [0, 0.1) is 0 Å². The van der Waals surface area contributed by atoms with Gasteiger partial charge in [-0.1, -0.05) is 62.3 Å². The van der Waals surface area contributed by atoms with Gasteiger partial charge in [-0.05, 0) is 47.7 Å². The predicted octanol–water partition coefficient (Wildman–Crippen LogP) is 5.84. The Kier molecular flexibility index (Phi) is 5.03. The number of aliphatic hydroxyl groups excluding tert-OH is 1. The summed E-state index contributed by atoms with van der Waals surface area (Å²) in [4.78, 5) is 2.17. The molecule has 1 atom stereocenters. The Morgan fingerprint density at radius 3 is 2.14 bits per heavy atom. The second-order valence-electron chi connectivity index (χ2n) is 6.24. The van der Waals surface area contributed by atoms with Gasteiger partial charge >= 0.3 is 0 Å². The Balaban J connectivity index is 2.19. The van der Waals surface area contributed by atoms with Gasteiger partial charge in [0.1, 0.15) is 0 Å². The van der Waals surface area contributed by atoms with Gasteiger partial charge in [-0.25, -0.2) is 0 Å². The third-order valence-corrected chi connectivity index (χ3v) is 4.90. The summed E-state index contributed by atoms with van der Waals surface area (Å²) in [6.07, 6.45) is -0.493. The number of benzene rings is 2. The highest BCUT2D eigenvalue weighted by atomic mass is 35.5. The Morgan fingerprint density at radius 2 is 1.67 bits per heavy atom. The van der Waals surface area contributed by atoms with Crippen molar-refractivity contribution >= 4 is 23.4 Å². The molecule has 0 saturated heterocycles. The van der Waals surface area contributed by atoms with Crippen molar-refractivity contribution in [3.63, 3.8) is 0 Å². The minimum Gasteiger partial charge on any atom is -0.389 e. The lowest BCUT2D eigenvalue weighted by Crippen LogP contribution is -2.10. The van der Waals surface area contributed by atoms with Crippen LogP contribution in [-0.4, -0.2) is 5.11 Å². The first kappa shape index (κ1) is 16.4. The number of halogens is 1. The van der Waals surface area contributed by atoms with E-state index in [1.54, 1.807) is 18.7 Å². The molecule has 0 spiro atoms. The average Bonchev–Trinajstić information content (AvgIpc) is 2.40. The molecule has 1 unspecified atom stereocenters. The maximum Gasteiger partial charge on any atom is 0.0762 e. The van der Waals surface area contributed by atoms with Crippen LogP contribution in [-0.2, 0) is 5.41 Å². The van der Waals surface area contributed by atoms with E-state index in [0.29, 0.717) is 5.02 Å². The first-order chi connectivity index (χ1) is 9.77. The summed E-state index contributed by atoms with van der Waals surface area (Å²) in [7, 11) is 0. The molecule has 2 aromatic rings. The fraction of sp³-hybridized carbons (Fsp3) is 0.333. The lowest BCUT2D eigenvalue weighted by molar-refractivity contribution is 0.199. The number of hydrogen-bond acceptors (Lipinski definition) is 2. The minimum absolute atomic E-state index is 0.166. The quantitative estimate of drug-likeness (QED) is 0.766. The van der Waals surface area contributed by atoms with Crippen molar-refractivity contribution in [2.24, 2.45) is 0 Å². The molecule has 21 heavy (non-hydrogen) atoms. The van der Waals surface area contributed by atoms with Crippen molar-refractivity contribution in [3.8, 4) is 0 Å². The zero-order valence-electron chi connectivity index (χ0n) is 12.9. The maximum atomic E-state index is 9.57. The van der Waals surface area contributed by atoms with Crippen molar-refractivity contribution in [1.82, 2.24) is 0 Å². The van der Waals surface area contributed by atoms with Gasteiger partial charge in [0.15, 0.2) is 0 Å². The highest BCUT2D eigenvalue weighted by Gasteiger charge is 2.13. The highest BCUT2D eigenvalue weighted by molar-refractivity contribution is 7.99. The molecular weight excluding hydrogens is 300 g/mol. The molecule has 0 aliphatic rings. The van der Waals surface area contributed by atoms with Crippen LogP contribution in [0.15, 0.2) is 52.3 Å². The van der Waals surface area contributed by atoms with Gasteiger partial charge in [0.05, 0.1) is 11.1 Å². The Labute approximate surface area is 136 Å². The largest absolute Gasteiger partial charge is 0.389 e. The van der Waals surface area contributed by atoms with Crippen LogP contribution < -0.4 is 0 Å². The van der Waals surface area contributed by atoms with E-state index < -0.39 is 6.10 Å². The first-order valence-electron chi connectivity index (χ1n) is 7.03. The average molecular weight is 321 g/mol. The van der Waals surface area contributed by atoms with Crippen LogP contribution in [0.2, 0.25) is 5.02 Å². The molecule has 0 fully saturated rings. The van der Waals surface area contributed by atoms with Gasteiger partial charge in [-0.15, -0.1) is 0 Å². The van der Waals surface area contributed by atoms with Gasteiger partial charge in [-0.2, -0.15) is 0 Å². The van der Waals surface area contributed by atoms with Crippen LogP contribution in [0.4, 0.5) is 0 Å². The standard InChI is InChI=1S/C18H21ClOS/c1-12(20)13-5-10-17(16(19)11-13)21-15-8-6-14(7-9-15)18(2,3)4/h5-12,20H,1-4H3. The van der Waals surface area contributed by atoms with Crippen molar-refractivity contribution in [2.45, 2.75) is 49.0 Å². The summed E-state index contributed by atoms with van der Waals surface area (Å²) >= 11 is 7.94. The molecule has 0 aliphatic carbocycles. The van der Waals surface area contributed by atoms with Crippen LogP contribution in [0.3, 0.4) is 0 Å². The fourth-order valence-electron chi connectivity index (χ4n) is 2.01. The lowest BCUT2D eigenvalue weighted by atomic mass is 9.87. The molecule has 0 heterocycles. The third kappa shape index (κ3) is 4.26. The molecule has 0 amide bonds. The molecule has 0 radical (unpaired) electrons. The van der Waals surface area contributed by atoms with Crippen molar-refractivity contribution in [1.29, 1.82) is 0 Å². The maximum absolute atomic E-state index is 9.57. The minimum atomic E-state index is -0.493. The molecule has 1 N–H and O–H groups in total. The van der Waals surface area contributed by atoms with Crippen molar-refractivity contribution in [2.75, 3.05) is 0 Å². The van der Waals surface area contributed by atoms with Gasteiger partial charge in [0, 0.05) is 9.79 Å². The molecule has 112 valence electrons. The van der Waals surface area contributed by atoms with E-state index in [0.717, 1.165) is 15.4 Å². The molecule has 0 bridgehead atoms. The van der Waals surface area contributed by atoms with Gasteiger partial charge in [-0.3, -0.25) is 0 Å². The normalized spacial score (nSPS) is 13.2. The molecule has 3 heteroatoms. The van der Waals surface area contributed by atoms with Crippen LogP contribution in [0.1, 0.15) is 44.9 Å². The molecule has 2 aromatic carbocycles. The molecule has 0 aromatic heterocycles. The lowest BCUT2D eigenvalue weighted by Gasteiger charge is -2.19. The molecule has 0 aliphatic heterocycles. The molecular formula is C18H21ClOS. The third-order valence-electron chi connectivity index (χ3n) is 3.39. The summed E-state index contributed by atoms with van der Waals surface area (Å²) in [6.45, 7) is 8.37. The van der Waals surface area contributed by atoms with Gasteiger partial charge in [0.2, 0.25) is 0 Å². The van der Waals surface area contributed by atoms with E-state index in [4.69, 9.17) is 11.6 Å². The molecule has 1 nitrogen and oxygen atoms in total. The van der Waals surface area contributed by atoms with E-state index in [9.17, 15) is 5.11 Å². The Bertz CT molecular complexity index is 612. The number of hydrogen-bond donors (Lipinski definition) is 1. The van der Waals surface area contributed by atoms with E-state index in [1.807, 2.05) is 18.2 Å². The Morgan fingerprint density at radius 1 is 1.05 bits per heavy atom. The van der Waals surface area contributed by atoms with E-state index in [-0.39, 0.29) is 5.41 Å². The zero-order valence-corrected chi connectivity index (χ0v) is 14.4.